The molecule has 0 aromatic heterocycles. The number of nitrogens with zero attached hydrogens (tertiary/aromatic N) is 1. The maximum atomic E-state index is 12.7. The molecular formula is C17H17NO2. The van der Waals surface area contributed by atoms with E-state index in [0.717, 1.165) is 11.1 Å². The normalized spacial score (nSPS) is 15.2. The topological polar surface area (TPSA) is 40.5 Å². The van der Waals surface area contributed by atoms with Crippen LogP contribution in [0.1, 0.15) is 17.0 Å². The number of aliphatic hydroxyl groups is 1. The molecule has 0 atom stereocenters. The van der Waals surface area contributed by atoms with Crippen molar-refractivity contribution in [1.82, 2.24) is 4.90 Å². The highest BCUT2D eigenvalue weighted by Crippen LogP contribution is 2.28. The maximum absolute atomic E-state index is 12.7. The van der Waals surface area contributed by atoms with Crippen LogP contribution in [0.4, 0.5) is 0 Å². The van der Waals surface area contributed by atoms with Gasteiger partial charge >= 0.3 is 0 Å². The first-order valence-corrected chi connectivity index (χ1v) is 6.82. The van der Waals surface area contributed by atoms with E-state index >= 15 is 0 Å². The van der Waals surface area contributed by atoms with Crippen LogP contribution in [0, 0.1) is 0 Å². The molecule has 0 bridgehead atoms. The van der Waals surface area contributed by atoms with Gasteiger partial charge in [-0.2, -0.15) is 0 Å². The summed E-state index contributed by atoms with van der Waals surface area (Å²) < 4.78 is 0. The number of benzene rings is 2. The number of likely N-dealkylation sites (tertiary alicyclic amines) is 1. The first-order chi connectivity index (χ1) is 9.75. The van der Waals surface area contributed by atoms with Gasteiger partial charge in [0.15, 0.2) is 0 Å². The quantitative estimate of drug-likeness (QED) is 0.924. The first-order valence-electron chi connectivity index (χ1n) is 6.82. The third kappa shape index (κ3) is 2.45. The van der Waals surface area contributed by atoms with Gasteiger partial charge in [-0.3, -0.25) is 4.79 Å². The molecule has 0 aliphatic carbocycles. The molecule has 1 fully saturated rings. The largest absolute Gasteiger partial charge is 0.389 e. The van der Waals surface area contributed by atoms with Crippen molar-refractivity contribution >= 4 is 5.91 Å². The van der Waals surface area contributed by atoms with Gasteiger partial charge in [0.05, 0.1) is 12.0 Å². The Morgan fingerprint density at radius 3 is 1.80 bits per heavy atom. The monoisotopic (exact) mass is 267 g/mol. The molecule has 1 aliphatic heterocycles. The lowest BCUT2D eigenvalue weighted by Crippen LogP contribution is -2.54. The zero-order chi connectivity index (χ0) is 13.9. The molecule has 2 aromatic carbocycles. The van der Waals surface area contributed by atoms with E-state index in [2.05, 4.69) is 0 Å². The average Bonchev–Trinajstić information content (AvgIpc) is 2.46. The fourth-order valence-corrected chi connectivity index (χ4v) is 2.59. The Morgan fingerprint density at radius 2 is 1.40 bits per heavy atom. The Hall–Kier alpha value is -2.13. The van der Waals surface area contributed by atoms with Gasteiger partial charge in [-0.25, -0.2) is 0 Å². The predicted molar refractivity (Wildman–Crippen MR) is 77.3 cm³/mol. The minimum absolute atomic E-state index is 0.0627. The van der Waals surface area contributed by atoms with Crippen molar-refractivity contribution in [2.75, 3.05) is 13.1 Å². The molecule has 1 amide bonds. The van der Waals surface area contributed by atoms with Gasteiger partial charge in [0.25, 0.3) is 0 Å². The lowest BCUT2D eigenvalue weighted by Gasteiger charge is -2.38. The molecule has 3 rings (SSSR count). The van der Waals surface area contributed by atoms with Crippen LogP contribution in [0.25, 0.3) is 0 Å². The molecule has 3 nitrogen and oxygen atoms in total. The Bertz CT molecular complexity index is 537. The predicted octanol–water partition coefficient (Wildman–Crippen LogP) is 2.02. The molecule has 0 unspecified atom stereocenters. The van der Waals surface area contributed by atoms with Crippen molar-refractivity contribution in [3.05, 3.63) is 71.8 Å². The van der Waals surface area contributed by atoms with Crippen molar-refractivity contribution in [2.24, 2.45) is 0 Å². The number of β-amino-alcohol motifs (C(OH)–C–C–N with tert-alkyl or cyclic N) is 1. The molecule has 1 aliphatic rings. The van der Waals surface area contributed by atoms with Crippen LogP contribution in [0.2, 0.25) is 0 Å². The van der Waals surface area contributed by atoms with E-state index < -0.39 is 0 Å². The number of carbonyl (C=O) groups excluding carboxylic acids is 1. The molecule has 0 spiro atoms. The van der Waals surface area contributed by atoms with Crippen LogP contribution in [0.5, 0.6) is 0 Å². The van der Waals surface area contributed by atoms with Crippen LogP contribution >= 0.6 is 0 Å². The summed E-state index contributed by atoms with van der Waals surface area (Å²) >= 11 is 0. The van der Waals surface area contributed by atoms with E-state index in [1.807, 2.05) is 60.7 Å². The molecule has 1 N–H and O–H groups in total. The lowest BCUT2D eigenvalue weighted by atomic mass is 9.89. The van der Waals surface area contributed by atoms with Crippen molar-refractivity contribution in [1.29, 1.82) is 0 Å². The van der Waals surface area contributed by atoms with Crippen LogP contribution in [-0.4, -0.2) is 35.1 Å². The summed E-state index contributed by atoms with van der Waals surface area (Å²) in [6, 6.07) is 19.6. The van der Waals surface area contributed by atoms with Gasteiger partial charge < -0.3 is 10.0 Å². The summed E-state index contributed by atoms with van der Waals surface area (Å²) in [7, 11) is 0. The number of rotatable bonds is 3. The van der Waals surface area contributed by atoms with Gasteiger partial charge in [-0.1, -0.05) is 60.7 Å². The summed E-state index contributed by atoms with van der Waals surface area (Å²) in [5.41, 5.74) is 1.98. The highest BCUT2D eigenvalue weighted by molar-refractivity contribution is 5.87. The molecule has 2 aromatic rings. The second-order valence-electron chi connectivity index (χ2n) is 5.15. The third-order valence-electron chi connectivity index (χ3n) is 3.69. The molecular weight excluding hydrogens is 250 g/mol. The zero-order valence-corrected chi connectivity index (χ0v) is 11.1. The number of aliphatic hydroxyl groups excluding tert-OH is 1. The lowest BCUT2D eigenvalue weighted by molar-refractivity contribution is -0.141. The summed E-state index contributed by atoms with van der Waals surface area (Å²) in [5.74, 6) is -0.224. The molecule has 102 valence electrons. The average molecular weight is 267 g/mol. The molecule has 0 radical (unpaired) electrons. The Balaban J connectivity index is 1.94. The van der Waals surface area contributed by atoms with Crippen molar-refractivity contribution < 1.29 is 9.90 Å². The second-order valence-corrected chi connectivity index (χ2v) is 5.15. The highest BCUT2D eigenvalue weighted by Gasteiger charge is 2.34. The third-order valence-corrected chi connectivity index (χ3v) is 3.69. The minimum Gasteiger partial charge on any atom is -0.389 e. The van der Waals surface area contributed by atoms with Gasteiger partial charge in [-0.05, 0) is 11.1 Å². The van der Waals surface area contributed by atoms with Crippen LogP contribution in [0.15, 0.2) is 60.7 Å². The van der Waals surface area contributed by atoms with E-state index in [4.69, 9.17) is 0 Å². The highest BCUT2D eigenvalue weighted by atomic mass is 16.3. The molecule has 0 saturated carbocycles. The van der Waals surface area contributed by atoms with Crippen LogP contribution < -0.4 is 0 Å². The standard InChI is InChI=1S/C17H17NO2/c19-15-11-18(12-15)17(20)16(13-7-3-1-4-8-13)14-9-5-2-6-10-14/h1-10,15-16,19H,11-12H2. The first kappa shape index (κ1) is 12.9. The zero-order valence-electron chi connectivity index (χ0n) is 11.1. The minimum atomic E-state index is -0.369. The molecule has 20 heavy (non-hydrogen) atoms. The number of hydrogen-bond acceptors (Lipinski definition) is 2. The summed E-state index contributed by atoms with van der Waals surface area (Å²) in [5, 5.41) is 9.40. The van der Waals surface area contributed by atoms with E-state index in [0.29, 0.717) is 13.1 Å². The summed E-state index contributed by atoms with van der Waals surface area (Å²) in [6.07, 6.45) is -0.369. The molecule has 3 heteroatoms. The van der Waals surface area contributed by atoms with Crippen molar-refractivity contribution in [3.63, 3.8) is 0 Å². The van der Waals surface area contributed by atoms with Crippen molar-refractivity contribution in [3.8, 4) is 0 Å². The van der Waals surface area contributed by atoms with E-state index in [9.17, 15) is 9.90 Å². The van der Waals surface area contributed by atoms with Crippen LogP contribution in [0.3, 0.4) is 0 Å². The number of amides is 1. The summed E-state index contributed by atoms with van der Waals surface area (Å²) in [4.78, 5) is 14.4. The maximum Gasteiger partial charge on any atom is 0.234 e. The Kier molecular flexibility index (Phi) is 3.52. The van der Waals surface area contributed by atoms with Crippen molar-refractivity contribution in [2.45, 2.75) is 12.0 Å². The smallest absolute Gasteiger partial charge is 0.234 e. The fraction of sp³-hybridized carbons (Fsp3) is 0.235. The van der Waals surface area contributed by atoms with E-state index in [-0.39, 0.29) is 17.9 Å². The van der Waals surface area contributed by atoms with E-state index in [1.54, 1.807) is 4.90 Å². The number of hydrogen-bond donors (Lipinski definition) is 1. The molecule has 1 saturated heterocycles. The molecule has 1 heterocycles. The number of carbonyl (C=O) groups is 1. The fourth-order valence-electron chi connectivity index (χ4n) is 2.59. The van der Waals surface area contributed by atoms with Crippen LogP contribution in [-0.2, 0) is 4.79 Å². The van der Waals surface area contributed by atoms with Gasteiger partial charge in [0.1, 0.15) is 0 Å². The Labute approximate surface area is 118 Å². The van der Waals surface area contributed by atoms with Gasteiger partial charge in [-0.15, -0.1) is 0 Å². The SMILES string of the molecule is O=C(C(c1ccccc1)c1ccccc1)N1CC(O)C1. The van der Waals surface area contributed by atoms with Gasteiger partial charge in [0.2, 0.25) is 5.91 Å². The Morgan fingerprint density at radius 1 is 0.950 bits per heavy atom. The van der Waals surface area contributed by atoms with Gasteiger partial charge in [0, 0.05) is 13.1 Å². The second kappa shape index (κ2) is 5.47. The van der Waals surface area contributed by atoms with E-state index in [1.165, 1.54) is 0 Å². The summed E-state index contributed by atoms with van der Waals surface area (Å²) in [6.45, 7) is 0.879.